The SMILES string of the molecule is C[C@]12CCc3nc(-c4cccc(O)c4)sc3C1CC[C@@H]1[C@@H]2CC[C@]2(C)C(=O)CC[C@@H]12. The summed E-state index contributed by atoms with van der Waals surface area (Å²) in [5.74, 6) is 3.56. The first-order chi connectivity index (χ1) is 14.4. The van der Waals surface area contributed by atoms with Gasteiger partial charge in [-0.05, 0) is 80.2 Å². The van der Waals surface area contributed by atoms with Gasteiger partial charge in [0, 0.05) is 28.2 Å². The maximum atomic E-state index is 12.7. The highest BCUT2D eigenvalue weighted by Gasteiger charge is 2.60. The summed E-state index contributed by atoms with van der Waals surface area (Å²) in [6, 6.07) is 7.51. The minimum atomic E-state index is -0.0306. The minimum absolute atomic E-state index is 0.0306. The number of thiazole rings is 1. The van der Waals surface area contributed by atoms with Crippen LogP contribution in [0.1, 0.15) is 75.3 Å². The summed E-state index contributed by atoms with van der Waals surface area (Å²) in [4.78, 5) is 19.2. The van der Waals surface area contributed by atoms with E-state index in [2.05, 4.69) is 19.9 Å². The fourth-order valence-corrected chi connectivity index (χ4v) is 9.39. The molecule has 1 aromatic heterocycles. The van der Waals surface area contributed by atoms with Gasteiger partial charge in [0.2, 0.25) is 0 Å². The van der Waals surface area contributed by atoms with E-state index in [1.54, 1.807) is 6.07 Å². The number of aromatic nitrogens is 1. The van der Waals surface area contributed by atoms with Gasteiger partial charge in [-0.25, -0.2) is 4.98 Å². The molecular weight excluding hydrogens is 390 g/mol. The van der Waals surface area contributed by atoms with Crippen LogP contribution in [0.4, 0.5) is 0 Å². The Kier molecular flexibility index (Phi) is 4.07. The van der Waals surface area contributed by atoms with Crippen molar-refractivity contribution in [3.8, 4) is 16.3 Å². The third kappa shape index (κ3) is 2.49. The van der Waals surface area contributed by atoms with Crippen molar-refractivity contribution in [2.24, 2.45) is 28.6 Å². The van der Waals surface area contributed by atoms with Gasteiger partial charge in [-0.15, -0.1) is 11.3 Å². The fraction of sp³-hybridized carbons (Fsp3) is 0.615. The molecule has 4 aliphatic rings. The maximum Gasteiger partial charge on any atom is 0.139 e. The molecule has 0 radical (unpaired) electrons. The number of hydrogen-bond donors (Lipinski definition) is 1. The molecule has 3 nitrogen and oxygen atoms in total. The minimum Gasteiger partial charge on any atom is -0.508 e. The van der Waals surface area contributed by atoms with E-state index >= 15 is 0 Å². The fourth-order valence-electron chi connectivity index (χ4n) is 7.98. The first kappa shape index (κ1) is 19.0. The van der Waals surface area contributed by atoms with E-state index in [4.69, 9.17) is 4.98 Å². The second-order valence-corrected chi connectivity index (χ2v) is 11.8. The normalized spacial score (nSPS) is 39.7. The number of phenols is 1. The molecule has 6 rings (SSSR count). The molecule has 3 fully saturated rings. The van der Waals surface area contributed by atoms with Gasteiger partial charge < -0.3 is 5.11 Å². The van der Waals surface area contributed by atoms with Gasteiger partial charge in [-0.3, -0.25) is 4.79 Å². The quantitative estimate of drug-likeness (QED) is 0.583. The van der Waals surface area contributed by atoms with Crippen LogP contribution in [0.2, 0.25) is 0 Å². The van der Waals surface area contributed by atoms with Crippen molar-refractivity contribution in [2.75, 3.05) is 0 Å². The van der Waals surface area contributed by atoms with Crippen LogP contribution < -0.4 is 0 Å². The van der Waals surface area contributed by atoms with Crippen molar-refractivity contribution in [3.63, 3.8) is 0 Å². The maximum absolute atomic E-state index is 12.7. The number of phenolic OH excluding ortho intramolecular Hbond substituents is 1. The number of ketones is 1. The number of rotatable bonds is 1. The van der Waals surface area contributed by atoms with Crippen molar-refractivity contribution in [1.29, 1.82) is 0 Å². The van der Waals surface area contributed by atoms with Crippen molar-refractivity contribution >= 4 is 17.1 Å². The predicted octanol–water partition coefficient (Wildman–Crippen LogP) is 6.36. The highest BCUT2D eigenvalue weighted by Crippen LogP contribution is 2.67. The monoisotopic (exact) mass is 421 g/mol. The number of benzene rings is 1. The predicted molar refractivity (Wildman–Crippen MR) is 120 cm³/mol. The average molecular weight is 422 g/mol. The zero-order valence-corrected chi connectivity index (χ0v) is 18.8. The summed E-state index contributed by atoms with van der Waals surface area (Å²) in [7, 11) is 0. The Morgan fingerprint density at radius 2 is 1.93 bits per heavy atom. The zero-order valence-electron chi connectivity index (χ0n) is 18.0. The lowest BCUT2D eigenvalue weighted by Crippen LogP contribution is -2.52. The molecule has 0 spiro atoms. The molecule has 3 saturated carbocycles. The lowest BCUT2D eigenvalue weighted by atomic mass is 9.46. The highest BCUT2D eigenvalue weighted by molar-refractivity contribution is 7.15. The van der Waals surface area contributed by atoms with Crippen molar-refractivity contribution < 1.29 is 9.90 Å². The van der Waals surface area contributed by atoms with Crippen molar-refractivity contribution in [3.05, 3.63) is 34.8 Å². The average Bonchev–Trinajstić information content (AvgIpc) is 3.29. The Hall–Kier alpha value is -1.68. The molecule has 0 aliphatic heterocycles. The molecule has 30 heavy (non-hydrogen) atoms. The first-order valence-corrected chi connectivity index (χ1v) is 12.5. The van der Waals surface area contributed by atoms with E-state index < -0.39 is 0 Å². The molecule has 158 valence electrons. The van der Waals surface area contributed by atoms with Gasteiger partial charge in [0.1, 0.15) is 16.5 Å². The van der Waals surface area contributed by atoms with Crippen LogP contribution in [0.25, 0.3) is 10.6 Å². The van der Waals surface area contributed by atoms with Crippen LogP contribution in [-0.2, 0) is 11.2 Å². The Morgan fingerprint density at radius 3 is 2.77 bits per heavy atom. The lowest BCUT2D eigenvalue weighted by molar-refractivity contribution is -0.134. The Morgan fingerprint density at radius 1 is 1.07 bits per heavy atom. The Labute approximate surface area is 182 Å². The number of hydrogen-bond acceptors (Lipinski definition) is 4. The van der Waals surface area contributed by atoms with Gasteiger partial charge in [-0.1, -0.05) is 26.0 Å². The molecular formula is C26H31NO2S. The lowest BCUT2D eigenvalue weighted by Gasteiger charge is -2.59. The summed E-state index contributed by atoms with van der Waals surface area (Å²) in [6.45, 7) is 4.84. The molecule has 1 N–H and O–H groups in total. The Balaban J connectivity index is 1.35. The third-order valence-corrected chi connectivity index (χ3v) is 10.9. The number of Topliss-reactive ketones (excluding diaryl/α,β-unsaturated/α-hetero) is 1. The number of fused-ring (bicyclic) bond motifs is 7. The standard InChI is InChI=1S/C26H31NO2S/c1-25-13-11-21-23(30-24(27-21)15-4-3-5-16(28)14-15)20(25)7-6-17-18-8-9-22(29)26(18,2)12-10-19(17)25/h3-5,14,17-20,28H,6-13H2,1-2H3/t17-,18-,19-,20?,25+,26-/m0/s1. The highest BCUT2D eigenvalue weighted by atomic mass is 32.1. The molecule has 2 aromatic rings. The second kappa shape index (κ2) is 6.41. The van der Waals surface area contributed by atoms with Crippen LogP contribution >= 0.6 is 11.3 Å². The molecule has 1 heterocycles. The van der Waals surface area contributed by atoms with Crippen LogP contribution in [0.3, 0.4) is 0 Å². The van der Waals surface area contributed by atoms with Crippen LogP contribution in [0, 0.1) is 28.6 Å². The summed E-state index contributed by atoms with van der Waals surface area (Å²) in [6.07, 6.45) is 9.09. The summed E-state index contributed by atoms with van der Waals surface area (Å²) in [5.41, 5.74) is 2.64. The molecule has 6 atom stereocenters. The van der Waals surface area contributed by atoms with E-state index in [1.807, 2.05) is 23.5 Å². The van der Waals surface area contributed by atoms with Gasteiger partial charge in [0.15, 0.2) is 0 Å². The third-order valence-electron chi connectivity index (χ3n) is 9.62. The van der Waals surface area contributed by atoms with Crippen LogP contribution in [0.5, 0.6) is 5.75 Å². The number of aromatic hydroxyl groups is 1. The molecule has 1 unspecified atom stereocenters. The molecule has 4 aliphatic carbocycles. The van der Waals surface area contributed by atoms with Crippen LogP contribution in [-0.4, -0.2) is 15.9 Å². The molecule has 0 saturated heterocycles. The van der Waals surface area contributed by atoms with E-state index in [-0.39, 0.29) is 5.41 Å². The summed E-state index contributed by atoms with van der Waals surface area (Å²) < 4.78 is 0. The summed E-state index contributed by atoms with van der Waals surface area (Å²) in [5, 5.41) is 11.0. The first-order valence-electron chi connectivity index (χ1n) is 11.7. The van der Waals surface area contributed by atoms with Gasteiger partial charge in [0.05, 0.1) is 5.69 Å². The Bertz CT molecular complexity index is 1030. The van der Waals surface area contributed by atoms with Gasteiger partial charge in [0.25, 0.3) is 0 Å². The van der Waals surface area contributed by atoms with Crippen molar-refractivity contribution in [2.45, 2.75) is 71.1 Å². The topological polar surface area (TPSA) is 50.2 Å². The molecule has 4 heteroatoms. The van der Waals surface area contributed by atoms with Crippen molar-refractivity contribution in [1.82, 2.24) is 4.98 Å². The second-order valence-electron chi connectivity index (χ2n) is 10.8. The largest absolute Gasteiger partial charge is 0.508 e. The van der Waals surface area contributed by atoms with E-state index in [0.29, 0.717) is 28.8 Å². The van der Waals surface area contributed by atoms with Gasteiger partial charge >= 0.3 is 0 Å². The molecule has 1 aromatic carbocycles. The van der Waals surface area contributed by atoms with E-state index in [1.165, 1.54) is 36.3 Å². The summed E-state index contributed by atoms with van der Waals surface area (Å²) >= 11 is 1.86. The van der Waals surface area contributed by atoms with Crippen LogP contribution in [0.15, 0.2) is 24.3 Å². The zero-order chi connectivity index (χ0) is 20.7. The van der Waals surface area contributed by atoms with Gasteiger partial charge in [-0.2, -0.15) is 0 Å². The number of nitrogens with zero attached hydrogens (tertiary/aromatic N) is 1. The molecule has 0 amide bonds. The molecule has 0 bridgehead atoms. The smallest absolute Gasteiger partial charge is 0.139 e. The van der Waals surface area contributed by atoms with E-state index in [9.17, 15) is 9.90 Å². The number of carbonyl (C=O) groups is 1. The number of carbonyl (C=O) groups excluding carboxylic acids is 1. The number of aryl methyl sites for hydroxylation is 1. The van der Waals surface area contributed by atoms with E-state index in [0.717, 1.165) is 48.1 Å².